The lowest BCUT2D eigenvalue weighted by molar-refractivity contribution is -0.133. The molecule has 1 aliphatic rings. The lowest BCUT2D eigenvalue weighted by Crippen LogP contribution is -2.50. The van der Waals surface area contributed by atoms with E-state index in [2.05, 4.69) is 10.3 Å². The Balaban J connectivity index is 1.26. The van der Waals surface area contributed by atoms with Gasteiger partial charge in [-0.1, -0.05) is 11.6 Å². The zero-order valence-electron chi connectivity index (χ0n) is 18.0. The van der Waals surface area contributed by atoms with Crippen molar-refractivity contribution in [2.75, 3.05) is 43.0 Å². The number of carbonyl (C=O) groups excluding carboxylic acids is 2. The van der Waals surface area contributed by atoms with Gasteiger partial charge in [-0.2, -0.15) is 0 Å². The smallest absolute Gasteiger partial charge is 0.260 e. The summed E-state index contributed by atoms with van der Waals surface area (Å²) in [5.74, 6) is -1.22. The first-order valence-electron chi connectivity index (χ1n) is 10.5. The number of benzene rings is 2. The van der Waals surface area contributed by atoms with Crippen LogP contribution in [-0.2, 0) is 4.79 Å². The van der Waals surface area contributed by atoms with Crippen molar-refractivity contribution in [1.29, 1.82) is 0 Å². The highest BCUT2D eigenvalue weighted by Crippen LogP contribution is 2.19. The van der Waals surface area contributed by atoms with E-state index in [4.69, 9.17) is 16.3 Å². The molecule has 1 saturated heterocycles. The molecule has 1 aromatic heterocycles. The number of pyridine rings is 1. The Bertz CT molecular complexity index is 1170. The van der Waals surface area contributed by atoms with Crippen molar-refractivity contribution in [3.8, 4) is 5.75 Å². The first-order chi connectivity index (χ1) is 16.4. The summed E-state index contributed by atoms with van der Waals surface area (Å²) in [6, 6.07) is 13.0. The molecule has 2 amide bonds. The molecule has 1 fully saturated rings. The number of hydrogen-bond acceptors (Lipinski definition) is 5. The largest absolute Gasteiger partial charge is 0.484 e. The third-order valence-electron chi connectivity index (χ3n) is 5.31. The fraction of sp³-hybridized carbons (Fsp3) is 0.208. The standard InChI is InChI=1S/C24H21ClF2N4O3/c25-16-1-5-19(6-2-16)34-15-23(32)31-11-9-30(10-12-31)22-8-4-18(14-28-22)29-24(33)20-7-3-17(26)13-21(20)27/h1-8,13-14H,9-12,15H2,(H,29,33). The first kappa shape index (κ1) is 23.4. The summed E-state index contributed by atoms with van der Waals surface area (Å²) in [6.45, 7) is 2.17. The Kier molecular flexibility index (Phi) is 7.22. The van der Waals surface area contributed by atoms with E-state index >= 15 is 0 Å². The second-order valence-corrected chi connectivity index (χ2v) is 8.03. The molecule has 34 heavy (non-hydrogen) atoms. The first-order valence-corrected chi connectivity index (χ1v) is 10.9. The van der Waals surface area contributed by atoms with Crippen LogP contribution < -0.4 is 15.0 Å². The van der Waals surface area contributed by atoms with Gasteiger partial charge in [0.1, 0.15) is 23.2 Å². The summed E-state index contributed by atoms with van der Waals surface area (Å²) in [5, 5.41) is 3.14. The number of hydrogen-bond donors (Lipinski definition) is 1. The van der Waals surface area contributed by atoms with Crippen molar-refractivity contribution in [2.24, 2.45) is 0 Å². The van der Waals surface area contributed by atoms with E-state index < -0.39 is 17.5 Å². The molecule has 0 aliphatic carbocycles. The van der Waals surface area contributed by atoms with E-state index in [9.17, 15) is 18.4 Å². The third-order valence-corrected chi connectivity index (χ3v) is 5.57. The van der Waals surface area contributed by atoms with Gasteiger partial charge in [0, 0.05) is 37.3 Å². The number of nitrogens with zero attached hydrogens (tertiary/aromatic N) is 3. The topological polar surface area (TPSA) is 74.8 Å². The number of aromatic nitrogens is 1. The van der Waals surface area contributed by atoms with Gasteiger partial charge in [-0.05, 0) is 48.5 Å². The summed E-state index contributed by atoms with van der Waals surface area (Å²) in [4.78, 5) is 32.8. The SMILES string of the molecule is O=C(Nc1ccc(N2CCN(C(=O)COc3ccc(Cl)cc3)CC2)nc1)c1ccc(F)cc1F. The Morgan fingerprint density at radius 2 is 1.74 bits per heavy atom. The summed E-state index contributed by atoms with van der Waals surface area (Å²) < 4.78 is 32.3. The summed E-state index contributed by atoms with van der Waals surface area (Å²) in [7, 11) is 0. The van der Waals surface area contributed by atoms with Crippen molar-refractivity contribution < 1.29 is 23.1 Å². The van der Waals surface area contributed by atoms with Gasteiger partial charge in [0.05, 0.1) is 17.4 Å². The molecule has 0 atom stereocenters. The number of halogens is 3. The molecule has 1 N–H and O–H groups in total. The monoisotopic (exact) mass is 486 g/mol. The molecule has 3 aromatic rings. The molecule has 1 aliphatic heterocycles. The number of ether oxygens (including phenoxy) is 1. The molecule has 0 bridgehead atoms. The summed E-state index contributed by atoms with van der Waals surface area (Å²) in [6.07, 6.45) is 1.46. The quantitative estimate of drug-likeness (QED) is 0.570. The second-order valence-electron chi connectivity index (χ2n) is 7.59. The molecule has 10 heteroatoms. The van der Waals surface area contributed by atoms with E-state index in [0.717, 1.165) is 12.1 Å². The van der Waals surface area contributed by atoms with Crippen LogP contribution in [-0.4, -0.2) is 54.5 Å². The summed E-state index contributed by atoms with van der Waals surface area (Å²) in [5.41, 5.74) is 0.122. The van der Waals surface area contributed by atoms with Gasteiger partial charge < -0.3 is 19.9 Å². The van der Waals surface area contributed by atoms with Crippen molar-refractivity contribution in [2.45, 2.75) is 0 Å². The highest BCUT2D eigenvalue weighted by molar-refractivity contribution is 6.30. The Labute approximate surface area is 199 Å². The van der Waals surface area contributed by atoms with Crippen LogP contribution in [0.3, 0.4) is 0 Å². The van der Waals surface area contributed by atoms with Crippen LogP contribution in [0.25, 0.3) is 0 Å². The number of carbonyl (C=O) groups is 2. The average molecular weight is 487 g/mol. The fourth-order valence-electron chi connectivity index (χ4n) is 3.47. The van der Waals surface area contributed by atoms with Crippen molar-refractivity contribution in [3.63, 3.8) is 0 Å². The Hall–Kier alpha value is -3.72. The van der Waals surface area contributed by atoms with E-state index in [-0.39, 0.29) is 18.1 Å². The third kappa shape index (κ3) is 5.79. The Morgan fingerprint density at radius 3 is 2.38 bits per heavy atom. The number of piperazine rings is 1. The van der Waals surface area contributed by atoms with E-state index in [1.54, 1.807) is 41.3 Å². The van der Waals surface area contributed by atoms with Crippen LogP contribution in [0, 0.1) is 11.6 Å². The number of rotatable bonds is 6. The van der Waals surface area contributed by atoms with Gasteiger partial charge in [0.2, 0.25) is 0 Å². The molecule has 176 valence electrons. The molecule has 7 nitrogen and oxygen atoms in total. The van der Waals surface area contributed by atoms with Gasteiger partial charge in [-0.3, -0.25) is 9.59 Å². The molecule has 2 heterocycles. The number of anilines is 2. The maximum Gasteiger partial charge on any atom is 0.260 e. The maximum atomic E-state index is 13.8. The number of amides is 2. The maximum absolute atomic E-state index is 13.8. The molecule has 0 spiro atoms. The highest BCUT2D eigenvalue weighted by Gasteiger charge is 2.22. The molecule has 0 unspecified atom stereocenters. The van der Waals surface area contributed by atoms with Crippen LogP contribution in [0.5, 0.6) is 5.75 Å². The van der Waals surface area contributed by atoms with E-state index in [1.807, 2.05) is 4.90 Å². The van der Waals surface area contributed by atoms with E-state index in [0.29, 0.717) is 54.5 Å². The minimum absolute atomic E-state index is 0.0527. The molecular weight excluding hydrogens is 466 g/mol. The molecule has 0 radical (unpaired) electrons. The van der Waals surface area contributed by atoms with Gasteiger partial charge in [0.15, 0.2) is 6.61 Å². The Morgan fingerprint density at radius 1 is 1.00 bits per heavy atom. The van der Waals surface area contributed by atoms with Crippen molar-refractivity contribution >= 4 is 34.9 Å². The molecular formula is C24H21ClF2N4O3. The molecule has 2 aromatic carbocycles. The summed E-state index contributed by atoms with van der Waals surface area (Å²) >= 11 is 5.84. The van der Waals surface area contributed by atoms with Gasteiger partial charge in [-0.15, -0.1) is 0 Å². The molecule has 0 saturated carbocycles. The highest BCUT2D eigenvalue weighted by atomic mass is 35.5. The predicted molar refractivity (Wildman–Crippen MR) is 124 cm³/mol. The molecule has 4 rings (SSSR count). The minimum atomic E-state index is -0.937. The van der Waals surface area contributed by atoms with Crippen molar-refractivity contribution in [3.05, 3.63) is 83.0 Å². The number of nitrogens with one attached hydrogen (secondary N) is 1. The van der Waals surface area contributed by atoms with Crippen LogP contribution in [0.4, 0.5) is 20.3 Å². The lowest BCUT2D eigenvalue weighted by Gasteiger charge is -2.35. The van der Waals surface area contributed by atoms with Crippen LogP contribution in [0.1, 0.15) is 10.4 Å². The lowest BCUT2D eigenvalue weighted by atomic mass is 10.2. The van der Waals surface area contributed by atoms with Gasteiger partial charge >= 0.3 is 0 Å². The van der Waals surface area contributed by atoms with Crippen molar-refractivity contribution in [1.82, 2.24) is 9.88 Å². The van der Waals surface area contributed by atoms with Gasteiger partial charge in [-0.25, -0.2) is 13.8 Å². The van der Waals surface area contributed by atoms with Crippen LogP contribution in [0.15, 0.2) is 60.8 Å². The predicted octanol–water partition coefficient (Wildman–Crippen LogP) is 3.99. The van der Waals surface area contributed by atoms with Crippen LogP contribution in [0.2, 0.25) is 5.02 Å². The fourth-order valence-corrected chi connectivity index (χ4v) is 3.60. The van der Waals surface area contributed by atoms with Gasteiger partial charge in [0.25, 0.3) is 11.8 Å². The van der Waals surface area contributed by atoms with E-state index in [1.165, 1.54) is 6.20 Å². The second kappa shape index (κ2) is 10.5. The minimum Gasteiger partial charge on any atom is -0.484 e. The van der Waals surface area contributed by atoms with Crippen LogP contribution >= 0.6 is 11.6 Å². The average Bonchev–Trinajstić information content (AvgIpc) is 2.84. The zero-order chi connectivity index (χ0) is 24.1. The normalized spacial score (nSPS) is 13.5. The zero-order valence-corrected chi connectivity index (χ0v) is 18.8.